The van der Waals surface area contributed by atoms with Crippen LogP contribution in [0.3, 0.4) is 0 Å². The van der Waals surface area contributed by atoms with Crippen LogP contribution in [-0.2, 0) is 11.2 Å². The molecule has 0 saturated heterocycles. The fourth-order valence-electron chi connectivity index (χ4n) is 2.74. The molecule has 1 saturated carbocycles. The third-order valence-corrected chi connectivity index (χ3v) is 4.22. The van der Waals surface area contributed by atoms with Crippen molar-refractivity contribution in [3.8, 4) is 0 Å². The van der Waals surface area contributed by atoms with Crippen LogP contribution >= 0.6 is 11.6 Å². The minimum absolute atomic E-state index is 0.0159. The Kier molecular flexibility index (Phi) is 5.84. The lowest BCUT2D eigenvalue weighted by Crippen LogP contribution is -2.36. The van der Waals surface area contributed by atoms with Gasteiger partial charge in [0.05, 0.1) is 6.42 Å². The number of nitrogens with one attached hydrogen (secondary N) is 1. The molecule has 110 valence electrons. The Balaban J connectivity index is 1.91. The quantitative estimate of drug-likeness (QED) is 0.888. The molecule has 1 N–H and O–H groups in total. The van der Waals surface area contributed by atoms with E-state index in [1.165, 1.54) is 25.3 Å². The van der Waals surface area contributed by atoms with Gasteiger partial charge in [-0.15, -0.1) is 0 Å². The summed E-state index contributed by atoms with van der Waals surface area (Å²) in [7, 11) is 0. The SMILES string of the molecule is O=C(Cc1c(F)cccc1Cl)NC1CCCCCCC1. The maximum Gasteiger partial charge on any atom is 0.224 e. The molecule has 1 aliphatic rings. The number of halogens is 2. The number of amides is 1. The van der Waals surface area contributed by atoms with E-state index in [1.807, 2.05) is 0 Å². The van der Waals surface area contributed by atoms with Gasteiger partial charge in [-0.1, -0.05) is 49.8 Å². The van der Waals surface area contributed by atoms with Gasteiger partial charge in [-0.25, -0.2) is 4.39 Å². The van der Waals surface area contributed by atoms with E-state index in [9.17, 15) is 9.18 Å². The van der Waals surface area contributed by atoms with Gasteiger partial charge in [0.15, 0.2) is 0 Å². The van der Waals surface area contributed by atoms with Crippen LogP contribution in [0.2, 0.25) is 5.02 Å². The highest BCUT2D eigenvalue weighted by atomic mass is 35.5. The van der Waals surface area contributed by atoms with Crippen molar-refractivity contribution in [1.82, 2.24) is 5.32 Å². The molecular weight excluding hydrogens is 277 g/mol. The molecule has 1 aliphatic carbocycles. The van der Waals surface area contributed by atoms with Crippen molar-refractivity contribution in [2.45, 2.75) is 57.4 Å². The maximum absolute atomic E-state index is 13.6. The van der Waals surface area contributed by atoms with Crippen LogP contribution in [-0.4, -0.2) is 11.9 Å². The molecule has 0 radical (unpaired) electrons. The zero-order valence-electron chi connectivity index (χ0n) is 11.6. The Labute approximate surface area is 124 Å². The van der Waals surface area contributed by atoms with Gasteiger partial charge in [-0.05, 0) is 25.0 Å². The van der Waals surface area contributed by atoms with Crippen LogP contribution in [0.4, 0.5) is 4.39 Å². The second-order valence-corrected chi connectivity index (χ2v) is 5.89. The number of carbonyl (C=O) groups excluding carboxylic acids is 1. The number of hydrogen-bond acceptors (Lipinski definition) is 1. The molecule has 4 heteroatoms. The van der Waals surface area contributed by atoms with Crippen molar-refractivity contribution in [1.29, 1.82) is 0 Å². The van der Waals surface area contributed by atoms with Gasteiger partial charge in [0.2, 0.25) is 5.91 Å². The van der Waals surface area contributed by atoms with Crippen molar-refractivity contribution in [2.75, 3.05) is 0 Å². The van der Waals surface area contributed by atoms with Gasteiger partial charge in [-0.3, -0.25) is 4.79 Å². The standard InChI is InChI=1S/C16H21ClFNO/c17-14-9-6-10-15(18)13(14)11-16(20)19-12-7-4-2-1-3-5-8-12/h6,9-10,12H,1-5,7-8,11H2,(H,19,20). The normalized spacial score (nSPS) is 17.3. The topological polar surface area (TPSA) is 29.1 Å². The average molecular weight is 298 g/mol. The summed E-state index contributed by atoms with van der Waals surface area (Å²) < 4.78 is 13.6. The second kappa shape index (κ2) is 7.63. The lowest BCUT2D eigenvalue weighted by atomic mass is 9.96. The first-order valence-electron chi connectivity index (χ1n) is 7.39. The Hall–Kier alpha value is -1.09. The molecule has 20 heavy (non-hydrogen) atoms. The van der Waals surface area contributed by atoms with Gasteiger partial charge in [0.25, 0.3) is 0 Å². The van der Waals surface area contributed by atoms with E-state index in [0.29, 0.717) is 5.02 Å². The summed E-state index contributed by atoms with van der Waals surface area (Å²) in [5, 5.41) is 3.34. The Morgan fingerprint density at radius 3 is 2.50 bits per heavy atom. The summed E-state index contributed by atoms with van der Waals surface area (Å²) in [5.74, 6) is -0.548. The molecule has 0 spiro atoms. The molecule has 0 heterocycles. The number of rotatable bonds is 3. The highest BCUT2D eigenvalue weighted by Crippen LogP contribution is 2.20. The number of hydrogen-bond donors (Lipinski definition) is 1. The molecule has 1 aromatic carbocycles. The van der Waals surface area contributed by atoms with E-state index < -0.39 is 5.82 Å². The van der Waals surface area contributed by atoms with E-state index in [-0.39, 0.29) is 23.9 Å². The maximum atomic E-state index is 13.6. The lowest BCUT2D eigenvalue weighted by molar-refractivity contribution is -0.121. The first-order valence-corrected chi connectivity index (χ1v) is 7.77. The fourth-order valence-corrected chi connectivity index (χ4v) is 2.97. The van der Waals surface area contributed by atoms with Crippen LogP contribution in [0.25, 0.3) is 0 Å². The van der Waals surface area contributed by atoms with Gasteiger partial charge in [-0.2, -0.15) is 0 Å². The highest BCUT2D eigenvalue weighted by molar-refractivity contribution is 6.31. The van der Waals surface area contributed by atoms with E-state index in [2.05, 4.69) is 5.32 Å². The predicted molar refractivity (Wildman–Crippen MR) is 79.4 cm³/mol. The molecule has 2 rings (SSSR count). The van der Waals surface area contributed by atoms with Crippen molar-refractivity contribution < 1.29 is 9.18 Å². The van der Waals surface area contributed by atoms with E-state index in [0.717, 1.165) is 25.7 Å². The van der Waals surface area contributed by atoms with Gasteiger partial charge in [0, 0.05) is 16.6 Å². The van der Waals surface area contributed by atoms with Crippen molar-refractivity contribution in [3.05, 3.63) is 34.6 Å². The first-order chi connectivity index (χ1) is 9.66. The summed E-state index contributed by atoms with van der Waals surface area (Å²) in [6.45, 7) is 0. The predicted octanol–water partition coefficient (Wildman–Crippen LogP) is 4.25. The Bertz CT molecular complexity index is 436. The van der Waals surface area contributed by atoms with Crippen LogP contribution in [0.1, 0.15) is 50.5 Å². The smallest absolute Gasteiger partial charge is 0.224 e. The average Bonchev–Trinajstić information content (AvgIpc) is 2.37. The third-order valence-electron chi connectivity index (χ3n) is 3.87. The van der Waals surface area contributed by atoms with Crippen LogP contribution < -0.4 is 5.32 Å². The van der Waals surface area contributed by atoms with Crippen molar-refractivity contribution in [2.24, 2.45) is 0 Å². The van der Waals surface area contributed by atoms with Crippen molar-refractivity contribution >= 4 is 17.5 Å². The highest BCUT2D eigenvalue weighted by Gasteiger charge is 2.16. The van der Waals surface area contributed by atoms with Crippen LogP contribution in [0, 0.1) is 5.82 Å². The van der Waals surface area contributed by atoms with Gasteiger partial charge >= 0.3 is 0 Å². The number of benzene rings is 1. The largest absolute Gasteiger partial charge is 0.353 e. The second-order valence-electron chi connectivity index (χ2n) is 5.49. The summed E-state index contributed by atoms with van der Waals surface area (Å²) in [6.07, 6.45) is 8.16. The molecule has 2 nitrogen and oxygen atoms in total. The first kappa shape index (κ1) is 15.3. The van der Waals surface area contributed by atoms with E-state index >= 15 is 0 Å². The molecule has 0 unspecified atom stereocenters. The molecule has 0 bridgehead atoms. The van der Waals surface area contributed by atoms with E-state index in [4.69, 9.17) is 11.6 Å². The third kappa shape index (κ3) is 4.48. The Morgan fingerprint density at radius 2 is 1.85 bits per heavy atom. The lowest BCUT2D eigenvalue weighted by Gasteiger charge is -2.21. The molecule has 0 aromatic heterocycles. The zero-order valence-corrected chi connectivity index (χ0v) is 12.4. The molecule has 0 aliphatic heterocycles. The van der Waals surface area contributed by atoms with E-state index in [1.54, 1.807) is 12.1 Å². The number of carbonyl (C=O) groups is 1. The van der Waals surface area contributed by atoms with Gasteiger partial charge in [0.1, 0.15) is 5.82 Å². The minimum Gasteiger partial charge on any atom is -0.353 e. The van der Waals surface area contributed by atoms with Gasteiger partial charge < -0.3 is 5.32 Å². The van der Waals surface area contributed by atoms with Crippen LogP contribution in [0.15, 0.2) is 18.2 Å². The fraction of sp³-hybridized carbons (Fsp3) is 0.562. The molecular formula is C16H21ClFNO. The summed E-state index contributed by atoms with van der Waals surface area (Å²) in [6, 6.07) is 4.73. The summed E-state index contributed by atoms with van der Waals surface area (Å²) >= 11 is 5.94. The molecule has 1 aromatic rings. The molecule has 1 fully saturated rings. The summed E-state index contributed by atoms with van der Waals surface area (Å²) in [4.78, 5) is 12.0. The molecule has 0 atom stereocenters. The zero-order chi connectivity index (χ0) is 14.4. The van der Waals surface area contributed by atoms with Crippen molar-refractivity contribution in [3.63, 3.8) is 0 Å². The monoisotopic (exact) mass is 297 g/mol. The molecule has 1 amide bonds. The van der Waals surface area contributed by atoms with Crippen LogP contribution in [0.5, 0.6) is 0 Å². The minimum atomic E-state index is -0.412. The Morgan fingerprint density at radius 1 is 1.20 bits per heavy atom. The summed E-state index contributed by atoms with van der Waals surface area (Å²) in [5.41, 5.74) is 0.289.